The lowest BCUT2D eigenvalue weighted by molar-refractivity contribution is -0.152. The monoisotopic (exact) mass is 229 g/mol. The smallest absolute Gasteiger partial charge is 0.395 e. The molecule has 0 aliphatic carbocycles. The zero-order chi connectivity index (χ0) is 11.7. The third-order valence-corrected chi connectivity index (χ3v) is 2.73. The van der Waals surface area contributed by atoms with Gasteiger partial charge in [-0.05, 0) is 0 Å². The molecule has 10 heteroatoms. The number of nitrogens with one attached hydrogen (secondary N) is 1. The number of likely N-dealkylation sites (N-methyl/N-ethyl adjacent to an activating group) is 1. The molecule has 6 N–H and O–H groups in total. The van der Waals surface area contributed by atoms with Crippen molar-refractivity contribution >= 4 is 19.5 Å². The quantitative estimate of drug-likeness (QED) is 0.175. The number of carbonyl (C=O) groups is 1. The van der Waals surface area contributed by atoms with Gasteiger partial charge in [-0.1, -0.05) is 0 Å². The fourth-order valence-electron chi connectivity index (χ4n) is 0.623. The fraction of sp³-hybridized carbons (Fsp3) is 0.500. The first-order valence-electron chi connectivity index (χ1n) is 3.11. The van der Waals surface area contributed by atoms with E-state index in [2.05, 4.69) is 0 Å². The summed E-state index contributed by atoms with van der Waals surface area (Å²) >= 11 is 0. The molecule has 0 rings (SSSR count). The van der Waals surface area contributed by atoms with E-state index in [9.17, 15) is 13.8 Å². The molecule has 14 heavy (non-hydrogen) atoms. The molecule has 0 aliphatic heterocycles. The Morgan fingerprint density at radius 3 is 2.07 bits per heavy atom. The number of aliphatic carboxylic acids is 1. The summed E-state index contributed by atoms with van der Waals surface area (Å²) in [4.78, 5) is 27.2. The summed E-state index contributed by atoms with van der Waals surface area (Å²) in [5.41, 5.74) is 0.704. The minimum absolute atomic E-state index is 0.157. The van der Waals surface area contributed by atoms with Crippen molar-refractivity contribution in [2.45, 2.75) is 5.53 Å². The van der Waals surface area contributed by atoms with Gasteiger partial charge in [-0.15, -0.1) is 0 Å². The van der Waals surface area contributed by atoms with Crippen molar-refractivity contribution in [3.63, 3.8) is 0 Å². The zero-order valence-corrected chi connectivity index (χ0v) is 7.90. The summed E-state index contributed by atoms with van der Waals surface area (Å²) in [6, 6.07) is 0. The molecule has 0 spiro atoms. The van der Waals surface area contributed by atoms with Gasteiger partial charge >= 0.3 is 19.1 Å². The number of carboxylic acid groups (broad SMARTS) is 1. The van der Waals surface area contributed by atoms with Crippen LogP contribution in [0.25, 0.3) is 0 Å². The number of carboxylic acids is 1. The molecule has 1 atom stereocenters. The average Bonchev–Trinajstić information content (AvgIpc) is 1.98. The van der Waals surface area contributed by atoms with Crippen LogP contribution in [0.4, 0.5) is 4.39 Å². The van der Waals surface area contributed by atoms with E-state index in [0.717, 1.165) is 0 Å². The Morgan fingerprint density at radius 2 is 2.00 bits per heavy atom. The normalized spacial score (nSPS) is 15.7. The van der Waals surface area contributed by atoms with E-state index in [1.54, 1.807) is 0 Å². The first-order chi connectivity index (χ1) is 6.05. The van der Waals surface area contributed by atoms with Crippen molar-refractivity contribution in [3.05, 3.63) is 0 Å². The number of hydrogen-bond donors (Lipinski definition) is 5. The second-order valence-electron chi connectivity index (χ2n) is 2.38. The molecule has 0 heterocycles. The van der Waals surface area contributed by atoms with Crippen LogP contribution in [0.5, 0.6) is 0 Å². The highest BCUT2D eigenvalue weighted by atomic mass is 31.2. The van der Waals surface area contributed by atoms with Crippen molar-refractivity contribution in [2.75, 3.05) is 7.05 Å². The Hall–Kier alpha value is -1.18. The molecular weight excluding hydrogens is 220 g/mol. The highest BCUT2D eigenvalue weighted by Crippen LogP contribution is 2.53. The topological polar surface area (TPSA) is 148 Å². The van der Waals surface area contributed by atoms with Gasteiger partial charge in [-0.25, -0.2) is 4.79 Å². The summed E-state index contributed by atoms with van der Waals surface area (Å²) in [5.74, 6) is -3.53. The number of hydrogen-bond acceptors (Lipinski definition) is 3. The number of alkyl halides is 1. The highest BCUT2D eigenvalue weighted by Gasteiger charge is 2.59. The molecule has 82 valence electrons. The van der Waals surface area contributed by atoms with Crippen LogP contribution in [-0.2, 0) is 9.36 Å². The Morgan fingerprint density at radius 1 is 1.64 bits per heavy atom. The average molecular weight is 229 g/mol. The van der Waals surface area contributed by atoms with Crippen molar-refractivity contribution in [3.8, 4) is 0 Å². The molecule has 0 aromatic carbocycles. The second-order valence-corrected chi connectivity index (χ2v) is 4.06. The maximum absolute atomic E-state index is 13.4. The van der Waals surface area contributed by atoms with Crippen LogP contribution < -0.4 is 5.73 Å². The Bertz CT molecular complexity index is 316. The predicted molar refractivity (Wildman–Crippen MR) is 43.2 cm³/mol. The maximum atomic E-state index is 13.4. The predicted octanol–water partition coefficient (Wildman–Crippen LogP) is -1.30. The third-order valence-electron chi connectivity index (χ3n) is 1.46. The van der Waals surface area contributed by atoms with E-state index < -0.39 is 25.1 Å². The van der Waals surface area contributed by atoms with Gasteiger partial charge in [0, 0.05) is 7.05 Å². The molecule has 0 aromatic rings. The lowest BCUT2D eigenvalue weighted by atomic mass is 10.5. The summed E-state index contributed by atoms with van der Waals surface area (Å²) in [6.45, 7) is 0. The van der Waals surface area contributed by atoms with E-state index in [4.69, 9.17) is 26.0 Å². The van der Waals surface area contributed by atoms with Crippen LogP contribution >= 0.6 is 7.60 Å². The van der Waals surface area contributed by atoms with Gasteiger partial charge < -0.3 is 20.6 Å². The van der Waals surface area contributed by atoms with Gasteiger partial charge in [0.05, 0.1) is 0 Å². The maximum Gasteiger partial charge on any atom is 0.395 e. The van der Waals surface area contributed by atoms with E-state index >= 15 is 0 Å². The first-order valence-corrected chi connectivity index (χ1v) is 4.72. The van der Waals surface area contributed by atoms with Gasteiger partial charge in [0.15, 0.2) is 5.96 Å². The van der Waals surface area contributed by atoms with Gasteiger partial charge in [0.1, 0.15) is 0 Å². The molecule has 0 aliphatic rings. The Labute approximate surface area is 77.8 Å². The molecule has 0 aromatic heterocycles. The lowest BCUT2D eigenvalue weighted by Crippen LogP contribution is -2.53. The molecule has 0 bridgehead atoms. The molecule has 0 fully saturated rings. The Kier molecular flexibility index (Phi) is 3.23. The van der Waals surface area contributed by atoms with Crippen molar-refractivity contribution in [1.29, 1.82) is 5.41 Å². The van der Waals surface area contributed by atoms with Crippen LogP contribution in [-0.4, -0.2) is 44.3 Å². The van der Waals surface area contributed by atoms with Crippen LogP contribution in [0.1, 0.15) is 0 Å². The summed E-state index contributed by atoms with van der Waals surface area (Å²) in [5, 5.41) is 15.0. The molecular formula is C4H9FN3O5P. The lowest BCUT2D eigenvalue weighted by Gasteiger charge is -2.30. The van der Waals surface area contributed by atoms with E-state index in [-0.39, 0.29) is 4.90 Å². The minimum Gasteiger partial charge on any atom is -0.477 e. The Balaban J connectivity index is 5.45. The van der Waals surface area contributed by atoms with Crippen LogP contribution in [0.3, 0.4) is 0 Å². The largest absolute Gasteiger partial charge is 0.477 e. The summed E-state index contributed by atoms with van der Waals surface area (Å²) in [7, 11) is -4.97. The van der Waals surface area contributed by atoms with E-state index in [1.165, 1.54) is 0 Å². The van der Waals surface area contributed by atoms with Crippen molar-refractivity contribution in [1.82, 2.24) is 4.90 Å². The van der Waals surface area contributed by atoms with Gasteiger partial charge in [0.25, 0.3) is 0 Å². The molecule has 0 saturated heterocycles. The number of rotatable bonds is 3. The summed E-state index contributed by atoms with van der Waals surface area (Å²) in [6.07, 6.45) is 0. The van der Waals surface area contributed by atoms with Gasteiger partial charge in [-0.3, -0.25) is 14.9 Å². The molecule has 1 unspecified atom stereocenters. The third kappa shape index (κ3) is 1.84. The van der Waals surface area contributed by atoms with E-state index in [1.807, 2.05) is 0 Å². The van der Waals surface area contributed by atoms with Crippen LogP contribution in [0.15, 0.2) is 0 Å². The second kappa shape index (κ2) is 3.52. The molecule has 0 amide bonds. The van der Waals surface area contributed by atoms with Crippen LogP contribution in [0, 0.1) is 5.41 Å². The van der Waals surface area contributed by atoms with Gasteiger partial charge in [0.2, 0.25) is 0 Å². The number of guanidine groups is 1. The van der Waals surface area contributed by atoms with E-state index in [0.29, 0.717) is 7.05 Å². The number of halogens is 1. The zero-order valence-electron chi connectivity index (χ0n) is 7.01. The molecule has 0 saturated carbocycles. The number of nitrogens with two attached hydrogens (primary N) is 1. The van der Waals surface area contributed by atoms with Crippen molar-refractivity contribution < 1.29 is 28.6 Å². The highest BCUT2D eigenvalue weighted by molar-refractivity contribution is 7.54. The van der Waals surface area contributed by atoms with Gasteiger partial charge in [-0.2, -0.15) is 4.39 Å². The molecule has 8 nitrogen and oxygen atoms in total. The van der Waals surface area contributed by atoms with Crippen molar-refractivity contribution in [2.24, 2.45) is 5.73 Å². The van der Waals surface area contributed by atoms with Crippen LogP contribution in [0.2, 0.25) is 0 Å². The summed E-state index contributed by atoms with van der Waals surface area (Å²) < 4.78 is 24.0. The molecule has 0 radical (unpaired) electrons. The minimum atomic E-state index is -5.62. The standard InChI is InChI=1S/C4H9FN3O5P/c1-8(3(6)7)4(5,2(9)10)14(11,12)13/h1H3,(H3,6,7)(H,9,10)(H2,11,12,13). The number of nitrogens with zero attached hydrogens (tertiary/aromatic N) is 1. The first kappa shape index (κ1) is 12.8. The fourth-order valence-corrected chi connectivity index (χ4v) is 1.37. The SMILES string of the molecule is CN(C(=N)N)C(F)(C(=O)O)P(=O)(O)O.